The van der Waals surface area contributed by atoms with E-state index in [2.05, 4.69) is 20.9 Å². The van der Waals surface area contributed by atoms with Crippen molar-refractivity contribution in [1.82, 2.24) is 4.98 Å². The van der Waals surface area contributed by atoms with Gasteiger partial charge in [-0.1, -0.05) is 15.9 Å². The van der Waals surface area contributed by atoms with Gasteiger partial charge in [0.05, 0.1) is 23.7 Å². The molecule has 0 atom stereocenters. The summed E-state index contributed by atoms with van der Waals surface area (Å²) in [5.41, 5.74) is -3.01. The fourth-order valence-corrected chi connectivity index (χ4v) is 1.89. The molecule has 0 bridgehead atoms. The summed E-state index contributed by atoms with van der Waals surface area (Å²) in [4.78, 5) is 3.17. The molecule has 0 amide bonds. The van der Waals surface area contributed by atoms with Crippen LogP contribution in [0.3, 0.4) is 0 Å². The number of aromatic nitrogens is 1. The van der Waals surface area contributed by atoms with Crippen molar-refractivity contribution in [3.63, 3.8) is 0 Å². The van der Waals surface area contributed by atoms with Gasteiger partial charge in [-0.15, -0.1) is 0 Å². The van der Waals surface area contributed by atoms with Gasteiger partial charge in [0.2, 0.25) is 0 Å². The zero-order valence-electron chi connectivity index (χ0n) is 8.02. The monoisotopic (exact) mass is 314 g/mol. The van der Waals surface area contributed by atoms with Crippen molar-refractivity contribution >= 4 is 15.9 Å². The van der Waals surface area contributed by atoms with E-state index in [1.807, 2.05) is 0 Å². The predicted octanol–water partition coefficient (Wildman–Crippen LogP) is 3.87. The van der Waals surface area contributed by atoms with Crippen LogP contribution in [-0.2, 0) is 12.6 Å². The summed E-state index contributed by atoms with van der Waals surface area (Å²) in [6.07, 6.45) is -8.62. The van der Waals surface area contributed by atoms with Crippen LogP contribution in [0.25, 0.3) is 0 Å². The zero-order chi connectivity index (χ0) is 13.2. The standard InChI is InChI=1S/C9H4BrF5N2/c10-5-3-4(1-2-16)17-7(8(11)12)6(5)9(13,14)15/h3,8H,1H2. The Kier molecular flexibility index (Phi) is 4.03. The van der Waals surface area contributed by atoms with Crippen LogP contribution in [0.1, 0.15) is 23.4 Å². The molecule has 0 aliphatic carbocycles. The van der Waals surface area contributed by atoms with Gasteiger partial charge in [-0.25, -0.2) is 8.78 Å². The summed E-state index contributed by atoms with van der Waals surface area (Å²) < 4.78 is 62.0. The molecule has 0 aromatic carbocycles. The van der Waals surface area contributed by atoms with E-state index >= 15 is 0 Å². The fourth-order valence-electron chi connectivity index (χ4n) is 1.19. The Hall–Kier alpha value is -1.23. The largest absolute Gasteiger partial charge is 0.419 e. The molecule has 1 rings (SSSR count). The average Bonchev–Trinajstić information content (AvgIpc) is 2.14. The first-order valence-electron chi connectivity index (χ1n) is 4.19. The Labute approximate surface area is 101 Å². The number of pyridine rings is 1. The second kappa shape index (κ2) is 4.96. The minimum atomic E-state index is -4.93. The molecule has 17 heavy (non-hydrogen) atoms. The van der Waals surface area contributed by atoms with E-state index in [1.54, 1.807) is 6.07 Å². The van der Waals surface area contributed by atoms with Gasteiger partial charge in [-0.3, -0.25) is 4.98 Å². The molecule has 0 fully saturated rings. The average molecular weight is 315 g/mol. The summed E-state index contributed by atoms with van der Waals surface area (Å²) in [7, 11) is 0. The second-order valence-electron chi connectivity index (χ2n) is 2.99. The molecule has 0 N–H and O–H groups in total. The van der Waals surface area contributed by atoms with Crippen LogP contribution in [0, 0.1) is 11.3 Å². The molecule has 0 radical (unpaired) electrons. The summed E-state index contributed by atoms with van der Waals surface area (Å²) in [6.45, 7) is 0. The minimum absolute atomic E-state index is 0.136. The molecule has 1 aromatic rings. The highest BCUT2D eigenvalue weighted by Gasteiger charge is 2.39. The van der Waals surface area contributed by atoms with Crippen LogP contribution >= 0.6 is 15.9 Å². The fraction of sp³-hybridized carbons (Fsp3) is 0.333. The predicted molar refractivity (Wildman–Crippen MR) is 51.2 cm³/mol. The summed E-state index contributed by atoms with van der Waals surface area (Å²) in [5.74, 6) is 0. The summed E-state index contributed by atoms with van der Waals surface area (Å²) in [5, 5.41) is 8.35. The normalized spacial score (nSPS) is 11.6. The Morgan fingerprint density at radius 2 is 2.00 bits per heavy atom. The van der Waals surface area contributed by atoms with E-state index < -0.39 is 28.3 Å². The third-order valence-electron chi connectivity index (χ3n) is 1.80. The first kappa shape index (κ1) is 13.8. The molecule has 1 heterocycles. The van der Waals surface area contributed by atoms with Crippen molar-refractivity contribution in [2.24, 2.45) is 0 Å². The van der Waals surface area contributed by atoms with Gasteiger partial charge >= 0.3 is 6.18 Å². The highest BCUT2D eigenvalue weighted by atomic mass is 79.9. The van der Waals surface area contributed by atoms with Crippen molar-refractivity contribution < 1.29 is 22.0 Å². The van der Waals surface area contributed by atoms with Crippen LogP contribution < -0.4 is 0 Å². The molecule has 92 valence electrons. The molecular weight excluding hydrogens is 311 g/mol. The summed E-state index contributed by atoms with van der Waals surface area (Å²) in [6, 6.07) is 2.54. The van der Waals surface area contributed by atoms with Crippen molar-refractivity contribution in [2.75, 3.05) is 0 Å². The number of hydrogen-bond acceptors (Lipinski definition) is 2. The Morgan fingerprint density at radius 1 is 1.41 bits per heavy atom. The number of rotatable bonds is 2. The van der Waals surface area contributed by atoms with E-state index in [0.29, 0.717) is 0 Å². The molecule has 2 nitrogen and oxygen atoms in total. The van der Waals surface area contributed by atoms with Crippen LogP contribution in [0.4, 0.5) is 22.0 Å². The van der Waals surface area contributed by atoms with Crippen molar-refractivity contribution in [2.45, 2.75) is 19.0 Å². The first-order chi connectivity index (χ1) is 7.77. The second-order valence-corrected chi connectivity index (χ2v) is 3.84. The maximum atomic E-state index is 12.5. The lowest BCUT2D eigenvalue weighted by atomic mass is 10.1. The topological polar surface area (TPSA) is 36.7 Å². The van der Waals surface area contributed by atoms with E-state index in [1.165, 1.54) is 0 Å². The van der Waals surface area contributed by atoms with E-state index in [9.17, 15) is 22.0 Å². The molecule has 0 aliphatic rings. The van der Waals surface area contributed by atoms with Crippen molar-refractivity contribution in [3.8, 4) is 6.07 Å². The van der Waals surface area contributed by atoms with Gasteiger partial charge in [0.1, 0.15) is 5.69 Å². The lowest BCUT2D eigenvalue weighted by molar-refractivity contribution is -0.140. The SMILES string of the molecule is N#CCc1cc(Br)c(C(F)(F)F)c(C(F)F)n1. The number of nitriles is 1. The van der Waals surface area contributed by atoms with Gasteiger partial charge in [0, 0.05) is 4.47 Å². The van der Waals surface area contributed by atoms with E-state index in [-0.39, 0.29) is 12.1 Å². The maximum Gasteiger partial charge on any atom is 0.419 e. The lowest BCUT2D eigenvalue weighted by Gasteiger charge is -2.14. The minimum Gasteiger partial charge on any atom is -0.250 e. The molecule has 0 spiro atoms. The van der Waals surface area contributed by atoms with Crippen LogP contribution in [0.15, 0.2) is 10.5 Å². The molecule has 0 unspecified atom stereocenters. The third-order valence-corrected chi connectivity index (χ3v) is 2.43. The molecule has 8 heteroatoms. The molecule has 0 saturated heterocycles. The smallest absolute Gasteiger partial charge is 0.250 e. The zero-order valence-corrected chi connectivity index (χ0v) is 9.61. The van der Waals surface area contributed by atoms with Crippen molar-refractivity contribution in [3.05, 3.63) is 27.5 Å². The van der Waals surface area contributed by atoms with Gasteiger partial charge in [-0.05, 0) is 6.07 Å². The number of nitrogens with zero attached hydrogens (tertiary/aromatic N) is 2. The van der Waals surface area contributed by atoms with E-state index in [4.69, 9.17) is 5.26 Å². The molecule has 1 aromatic heterocycles. The van der Waals surface area contributed by atoms with Crippen LogP contribution in [0.5, 0.6) is 0 Å². The molecular formula is C9H4BrF5N2. The highest BCUT2D eigenvalue weighted by Crippen LogP contribution is 2.40. The maximum absolute atomic E-state index is 12.5. The van der Waals surface area contributed by atoms with Gasteiger partial charge in [-0.2, -0.15) is 18.4 Å². The number of halogens is 6. The summed E-state index contributed by atoms with van der Waals surface area (Å²) >= 11 is 2.57. The quantitative estimate of drug-likeness (QED) is 0.777. The molecule has 0 saturated carbocycles. The first-order valence-corrected chi connectivity index (χ1v) is 4.98. The van der Waals surface area contributed by atoms with E-state index in [0.717, 1.165) is 6.07 Å². The molecule has 0 aliphatic heterocycles. The number of hydrogen-bond donors (Lipinski definition) is 0. The Morgan fingerprint density at radius 3 is 2.41 bits per heavy atom. The number of alkyl halides is 5. The Bertz CT molecular complexity index is 464. The van der Waals surface area contributed by atoms with Gasteiger partial charge in [0.15, 0.2) is 0 Å². The van der Waals surface area contributed by atoms with Crippen LogP contribution in [-0.4, -0.2) is 4.98 Å². The highest BCUT2D eigenvalue weighted by molar-refractivity contribution is 9.10. The van der Waals surface area contributed by atoms with Gasteiger partial charge < -0.3 is 0 Å². The Balaban J connectivity index is 3.45. The lowest BCUT2D eigenvalue weighted by Crippen LogP contribution is -2.13. The van der Waals surface area contributed by atoms with Crippen molar-refractivity contribution in [1.29, 1.82) is 5.26 Å². The van der Waals surface area contributed by atoms with Gasteiger partial charge in [0.25, 0.3) is 6.43 Å². The third kappa shape index (κ3) is 3.12. The van der Waals surface area contributed by atoms with Crippen LogP contribution in [0.2, 0.25) is 0 Å².